The van der Waals surface area contributed by atoms with E-state index in [2.05, 4.69) is 10.1 Å². The van der Waals surface area contributed by atoms with Crippen LogP contribution in [0.15, 0.2) is 18.2 Å². The van der Waals surface area contributed by atoms with Gasteiger partial charge in [-0.3, -0.25) is 4.79 Å². The van der Waals surface area contributed by atoms with Gasteiger partial charge in [0, 0.05) is 11.3 Å². The number of benzene rings is 1. The number of nitrogens with one attached hydrogen (secondary N) is 1. The Labute approximate surface area is 94.0 Å². The number of alkyl halides is 3. The number of hydrogen-bond donors (Lipinski definition) is 2. The molecule has 1 amide bonds. The molecule has 1 aromatic rings. The van der Waals surface area contributed by atoms with Gasteiger partial charge in [-0.25, -0.2) is 0 Å². The van der Waals surface area contributed by atoms with Gasteiger partial charge < -0.3 is 15.2 Å². The summed E-state index contributed by atoms with van der Waals surface area (Å²) in [6, 6.07) is 3.89. The van der Waals surface area contributed by atoms with Gasteiger partial charge in [-0.05, 0) is 18.2 Å². The molecule has 0 fully saturated rings. The van der Waals surface area contributed by atoms with Crippen molar-refractivity contribution in [3.05, 3.63) is 23.8 Å². The van der Waals surface area contributed by atoms with Crippen LogP contribution >= 0.6 is 0 Å². The number of aliphatic hydroxyl groups is 1. The van der Waals surface area contributed by atoms with E-state index in [1.807, 2.05) is 0 Å². The first kappa shape index (κ1) is 11.7. The fourth-order valence-electron chi connectivity index (χ4n) is 1.48. The summed E-state index contributed by atoms with van der Waals surface area (Å²) in [6.45, 7) is -1.41. The Balaban J connectivity index is 2.15. The number of fused-ring (bicyclic) bond motifs is 1. The van der Waals surface area contributed by atoms with Crippen LogP contribution in [0.3, 0.4) is 0 Å². The number of amides is 1. The number of ether oxygens (including phenoxy) is 1. The van der Waals surface area contributed by atoms with Crippen molar-refractivity contribution in [1.29, 1.82) is 0 Å². The monoisotopic (exact) mass is 247 g/mol. The lowest BCUT2D eigenvalue weighted by Crippen LogP contribution is -2.19. The van der Waals surface area contributed by atoms with E-state index in [1.165, 1.54) is 18.2 Å². The van der Waals surface area contributed by atoms with Crippen LogP contribution in [0.2, 0.25) is 0 Å². The van der Waals surface area contributed by atoms with Gasteiger partial charge in [0.1, 0.15) is 5.75 Å². The lowest BCUT2D eigenvalue weighted by Gasteiger charge is -2.10. The van der Waals surface area contributed by atoms with E-state index in [0.717, 1.165) is 0 Å². The largest absolute Gasteiger partial charge is 0.484 e. The van der Waals surface area contributed by atoms with Gasteiger partial charge in [-0.15, -0.1) is 0 Å². The molecule has 0 aliphatic carbocycles. The zero-order valence-electron chi connectivity index (χ0n) is 8.41. The molecular formula is C10H8F3NO3. The smallest absolute Gasteiger partial charge is 0.422 e. The highest BCUT2D eigenvalue weighted by Crippen LogP contribution is 2.33. The van der Waals surface area contributed by atoms with E-state index in [-0.39, 0.29) is 11.3 Å². The summed E-state index contributed by atoms with van der Waals surface area (Å²) in [5.41, 5.74) is 0.594. The molecule has 1 heterocycles. The van der Waals surface area contributed by atoms with Crippen LogP contribution < -0.4 is 10.1 Å². The van der Waals surface area contributed by atoms with Gasteiger partial charge in [0.05, 0.1) is 0 Å². The molecule has 17 heavy (non-hydrogen) atoms. The Hall–Kier alpha value is -1.76. The van der Waals surface area contributed by atoms with Gasteiger partial charge in [-0.2, -0.15) is 13.2 Å². The second-order valence-electron chi connectivity index (χ2n) is 3.54. The molecule has 1 unspecified atom stereocenters. The number of carbonyl (C=O) groups is 1. The molecule has 1 aliphatic rings. The summed E-state index contributed by atoms with van der Waals surface area (Å²) in [7, 11) is 0. The van der Waals surface area contributed by atoms with Gasteiger partial charge >= 0.3 is 6.18 Å². The average molecular weight is 247 g/mol. The number of aliphatic hydroxyl groups excluding tert-OH is 1. The number of carbonyl (C=O) groups excluding carboxylic acids is 1. The highest BCUT2D eigenvalue weighted by atomic mass is 19.4. The van der Waals surface area contributed by atoms with E-state index in [0.29, 0.717) is 5.69 Å². The van der Waals surface area contributed by atoms with Crippen LogP contribution in [0.1, 0.15) is 11.7 Å². The van der Waals surface area contributed by atoms with Crippen LogP contribution in [-0.2, 0) is 4.79 Å². The van der Waals surface area contributed by atoms with Gasteiger partial charge in [0.15, 0.2) is 12.7 Å². The van der Waals surface area contributed by atoms with Crippen molar-refractivity contribution in [1.82, 2.24) is 0 Å². The van der Waals surface area contributed by atoms with Crippen molar-refractivity contribution in [3.63, 3.8) is 0 Å². The van der Waals surface area contributed by atoms with Crippen molar-refractivity contribution in [3.8, 4) is 5.75 Å². The lowest BCUT2D eigenvalue weighted by atomic mass is 10.1. The molecule has 0 spiro atoms. The summed E-state index contributed by atoms with van der Waals surface area (Å²) in [4.78, 5) is 11.1. The van der Waals surface area contributed by atoms with Gasteiger partial charge in [0.2, 0.25) is 0 Å². The highest BCUT2D eigenvalue weighted by molar-refractivity contribution is 6.01. The summed E-state index contributed by atoms with van der Waals surface area (Å²) < 4.78 is 40.2. The predicted molar refractivity (Wildman–Crippen MR) is 51.6 cm³/mol. The molecule has 1 aromatic carbocycles. The number of hydrogen-bond acceptors (Lipinski definition) is 3. The molecule has 92 valence electrons. The third-order valence-corrected chi connectivity index (χ3v) is 2.23. The van der Waals surface area contributed by atoms with Crippen molar-refractivity contribution in [2.45, 2.75) is 12.3 Å². The first-order valence-corrected chi connectivity index (χ1v) is 4.69. The zero-order chi connectivity index (χ0) is 12.6. The van der Waals surface area contributed by atoms with Crippen molar-refractivity contribution in [2.75, 3.05) is 11.9 Å². The molecule has 0 saturated heterocycles. The highest BCUT2D eigenvalue weighted by Gasteiger charge is 2.31. The molecule has 2 N–H and O–H groups in total. The number of rotatable bonds is 2. The summed E-state index contributed by atoms with van der Waals surface area (Å²) in [5, 5.41) is 11.8. The Bertz CT molecular complexity index is 459. The third kappa shape index (κ3) is 2.50. The maximum atomic E-state index is 11.9. The molecule has 2 rings (SSSR count). The minimum atomic E-state index is -4.42. The van der Waals surface area contributed by atoms with E-state index < -0.39 is 24.8 Å². The Morgan fingerprint density at radius 3 is 2.76 bits per heavy atom. The van der Waals surface area contributed by atoms with Crippen LogP contribution in [0.25, 0.3) is 0 Å². The second kappa shape index (κ2) is 3.92. The summed E-state index contributed by atoms with van der Waals surface area (Å²) >= 11 is 0. The average Bonchev–Trinajstić information content (AvgIpc) is 2.51. The number of halogens is 3. The molecule has 7 heteroatoms. The SMILES string of the molecule is O=C1Nc2ccc(OCC(F)(F)F)cc2C1O. The molecule has 0 bridgehead atoms. The van der Waals surface area contributed by atoms with E-state index in [9.17, 15) is 23.1 Å². The third-order valence-electron chi connectivity index (χ3n) is 2.23. The van der Waals surface area contributed by atoms with Gasteiger partial charge in [-0.1, -0.05) is 0 Å². The molecule has 0 saturated carbocycles. The Kier molecular flexibility index (Phi) is 2.70. The molecule has 0 radical (unpaired) electrons. The first-order chi connectivity index (χ1) is 7.87. The maximum Gasteiger partial charge on any atom is 0.422 e. The molecule has 1 atom stereocenters. The summed E-state index contributed by atoms with van der Waals surface area (Å²) in [6.07, 6.45) is -5.79. The molecule has 4 nitrogen and oxygen atoms in total. The normalized spacial score (nSPS) is 18.8. The van der Waals surface area contributed by atoms with E-state index >= 15 is 0 Å². The first-order valence-electron chi connectivity index (χ1n) is 4.69. The molecular weight excluding hydrogens is 239 g/mol. The number of anilines is 1. The standard InChI is InChI=1S/C10H8F3NO3/c11-10(12,13)4-17-5-1-2-7-6(3-5)8(15)9(16)14-7/h1-3,8,15H,4H2,(H,14,16). The summed E-state index contributed by atoms with van der Waals surface area (Å²) in [5.74, 6) is -0.649. The molecule has 1 aliphatic heterocycles. The van der Waals surface area contributed by atoms with Crippen LogP contribution in [0.4, 0.5) is 18.9 Å². The predicted octanol–water partition coefficient (Wildman–Crippen LogP) is 1.61. The topological polar surface area (TPSA) is 58.6 Å². The van der Waals surface area contributed by atoms with E-state index in [1.54, 1.807) is 0 Å². The van der Waals surface area contributed by atoms with Crippen molar-refractivity contribution >= 4 is 11.6 Å². The van der Waals surface area contributed by atoms with Crippen molar-refractivity contribution < 1.29 is 27.8 Å². The Morgan fingerprint density at radius 2 is 2.12 bits per heavy atom. The zero-order valence-corrected chi connectivity index (χ0v) is 8.41. The maximum absolute atomic E-state index is 11.9. The van der Waals surface area contributed by atoms with E-state index in [4.69, 9.17) is 0 Å². The second-order valence-corrected chi connectivity index (χ2v) is 3.54. The van der Waals surface area contributed by atoms with Crippen molar-refractivity contribution in [2.24, 2.45) is 0 Å². The minimum absolute atomic E-state index is 0.0448. The minimum Gasteiger partial charge on any atom is -0.484 e. The van der Waals surface area contributed by atoms with Crippen LogP contribution in [-0.4, -0.2) is 23.8 Å². The fourth-order valence-corrected chi connectivity index (χ4v) is 1.48. The fraction of sp³-hybridized carbons (Fsp3) is 0.300. The molecule has 0 aromatic heterocycles. The lowest BCUT2D eigenvalue weighted by molar-refractivity contribution is -0.153. The van der Waals surface area contributed by atoms with Crippen LogP contribution in [0.5, 0.6) is 5.75 Å². The van der Waals surface area contributed by atoms with Gasteiger partial charge in [0.25, 0.3) is 5.91 Å². The van der Waals surface area contributed by atoms with Crippen LogP contribution in [0, 0.1) is 0 Å². The Morgan fingerprint density at radius 1 is 1.41 bits per heavy atom. The quantitative estimate of drug-likeness (QED) is 0.834.